The number of hydrogen-bond acceptors (Lipinski definition) is 2. The van der Waals surface area contributed by atoms with Gasteiger partial charge in [-0.25, -0.2) is 4.79 Å². The fraction of sp³-hybridized carbons (Fsp3) is 0.105. The summed E-state index contributed by atoms with van der Waals surface area (Å²) in [5, 5.41) is 1.10. The topological polar surface area (TPSA) is 31.2 Å². The average molecular weight is 370 g/mol. The van der Waals surface area contributed by atoms with Crippen LogP contribution in [-0.2, 0) is 9.53 Å². The highest BCUT2D eigenvalue weighted by Crippen LogP contribution is 2.33. The van der Waals surface area contributed by atoms with Crippen LogP contribution in [0.15, 0.2) is 77.4 Å². The van der Waals surface area contributed by atoms with Gasteiger partial charge in [0.25, 0.3) is 0 Å². The predicted molar refractivity (Wildman–Crippen MR) is 95.4 cm³/mol. The number of benzene rings is 2. The minimum Gasteiger partial charge on any atom is -0.466 e. The summed E-state index contributed by atoms with van der Waals surface area (Å²) in [6.45, 7) is 3.98. The molecule has 0 saturated carbocycles. The largest absolute Gasteiger partial charge is 0.466 e. The Labute approximate surface area is 143 Å². The van der Waals surface area contributed by atoms with Gasteiger partial charge in [0.2, 0.25) is 0 Å². The summed E-state index contributed by atoms with van der Waals surface area (Å²) in [5.41, 5.74) is 2.40. The summed E-state index contributed by atoms with van der Waals surface area (Å²) < 4.78 is 7.91. The van der Waals surface area contributed by atoms with E-state index in [4.69, 9.17) is 4.74 Å². The normalized spacial score (nSPS) is 12.1. The van der Waals surface area contributed by atoms with E-state index in [1.807, 2.05) is 65.4 Å². The zero-order valence-electron chi connectivity index (χ0n) is 12.7. The number of aromatic nitrogens is 1. The lowest BCUT2D eigenvalue weighted by Crippen LogP contribution is -2.18. The van der Waals surface area contributed by atoms with Gasteiger partial charge in [0.05, 0.1) is 24.2 Å². The van der Waals surface area contributed by atoms with Gasteiger partial charge in [0.15, 0.2) is 0 Å². The Bertz CT molecular complexity index is 867. The maximum atomic E-state index is 12.1. The van der Waals surface area contributed by atoms with Gasteiger partial charge in [-0.3, -0.25) is 0 Å². The Morgan fingerprint density at radius 2 is 1.87 bits per heavy atom. The maximum Gasteiger partial charge on any atom is 0.335 e. The standard InChI is InChI=1S/C19H16BrNO2/c1-13(19(22)23-2)17(14-7-4-3-5-8-14)21-12-11-15-9-6-10-16(20)18(15)21/h3-12,17H,1H2,2H3/t17-/m1/s1. The molecule has 23 heavy (non-hydrogen) atoms. The lowest BCUT2D eigenvalue weighted by atomic mass is 9.99. The number of hydrogen-bond donors (Lipinski definition) is 0. The van der Waals surface area contributed by atoms with Crippen LogP contribution in [-0.4, -0.2) is 17.6 Å². The molecule has 3 rings (SSSR count). The first kappa shape index (κ1) is 15.6. The van der Waals surface area contributed by atoms with Crippen LogP contribution in [0.3, 0.4) is 0 Å². The van der Waals surface area contributed by atoms with E-state index in [1.165, 1.54) is 7.11 Å². The van der Waals surface area contributed by atoms with E-state index in [9.17, 15) is 4.79 Å². The van der Waals surface area contributed by atoms with Crippen molar-refractivity contribution in [2.75, 3.05) is 7.11 Å². The summed E-state index contributed by atoms with van der Waals surface area (Å²) in [7, 11) is 1.37. The van der Waals surface area contributed by atoms with Crippen LogP contribution in [0.4, 0.5) is 0 Å². The van der Waals surface area contributed by atoms with Crippen LogP contribution in [0.1, 0.15) is 11.6 Å². The number of methoxy groups -OCH3 is 1. The van der Waals surface area contributed by atoms with Crippen LogP contribution in [0.2, 0.25) is 0 Å². The lowest BCUT2D eigenvalue weighted by molar-refractivity contribution is -0.136. The fourth-order valence-electron chi connectivity index (χ4n) is 2.80. The molecule has 2 aromatic carbocycles. The molecule has 3 nitrogen and oxygen atoms in total. The van der Waals surface area contributed by atoms with Crippen molar-refractivity contribution in [2.45, 2.75) is 6.04 Å². The van der Waals surface area contributed by atoms with Crippen LogP contribution in [0.5, 0.6) is 0 Å². The van der Waals surface area contributed by atoms with Crippen molar-refractivity contribution >= 4 is 32.8 Å². The summed E-state index contributed by atoms with van der Waals surface area (Å²) in [6.07, 6.45) is 1.97. The smallest absolute Gasteiger partial charge is 0.335 e. The van der Waals surface area contributed by atoms with E-state index in [0.29, 0.717) is 5.57 Å². The Hall–Kier alpha value is -2.33. The third-order valence-electron chi connectivity index (χ3n) is 3.86. The van der Waals surface area contributed by atoms with Gasteiger partial charge in [-0.1, -0.05) is 49.0 Å². The predicted octanol–water partition coefficient (Wildman–Crippen LogP) is 4.72. The number of ether oxygens (including phenoxy) is 1. The van der Waals surface area contributed by atoms with E-state index in [2.05, 4.69) is 22.5 Å². The lowest BCUT2D eigenvalue weighted by Gasteiger charge is -2.22. The molecular formula is C19H16BrNO2. The first-order chi connectivity index (χ1) is 11.1. The van der Waals surface area contributed by atoms with Crippen molar-refractivity contribution in [3.8, 4) is 0 Å². The number of carbonyl (C=O) groups excluding carboxylic acids is 1. The fourth-order valence-corrected chi connectivity index (χ4v) is 3.38. The van der Waals surface area contributed by atoms with E-state index in [-0.39, 0.29) is 6.04 Å². The van der Waals surface area contributed by atoms with Crippen molar-refractivity contribution < 1.29 is 9.53 Å². The monoisotopic (exact) mass is 369 g/mol. The van der Waals surface area contributed by atoms with Crippen molar-refractivity contribution in [1.82, 2.24) is 4.57 Å². The first-order valence-electron chi connectivity index (χ1n) is 7.20. The molecule has 0 aliphatic rings. The molecule has 1 heterocycles. The van der Waals surface area contributed by atoms with Crippen molar-refractivity contribution in [3.05, 3.63) is 83.0 Å². The average Bonchev–Trinajstić information content (AvgIpc) is 3.00. The Morgan fingerprint density at radius 1 is 1.13 bits per heavy atom. The molecule has 0 aliphatic carbocycles. The van der Waals surface area contributed by atoms with E-state index in [0.717, 1.165) is 20.9 Å². The number of esters is 1. The molecule has 0 amide bonds. The number of nitrogens with zero attached hydrogens (tertiary/aromatic N) is 1. The van der Waals surface area contributed by atoms with Crippen LogP contribution >= 0.6 is 15.9 Å². The highest BCUT2D eigenvalue weighted by molar-refractivity contribution is 9.10. The number of halogens is 1. The second-order valence-electron chi connectivity index (χ2n) is 5.23. The quantitative estimate of drug-likeness (QED) is 0.492. The molecule has 1 atom stereocenters. The molecule has 4 heteroatoms. The Balaban J connectivity index is 2.22. The first-order valence-corrected chi connectivity index (χ1v) is 8.00. The van der Waals surface area contributed by atoms with Gasteiger partial charge >= 0.3 is 5.97 Å². The summed E-state index contributed by atoms with van der Waals surface area (Å²) in [4.78, 5) is 12.1. The molecule has 0 fully saturated rings. The molecule has 0 saturated heterocycles. The van der Waals surface area contributed by atoms with E-state index >= 15 is 0 Å². The molecule has 0 bridgehead atoms. The van der Waals surface area contributed by atoms with Gasteiger partial charge in [-0.2, -0.15) is 0 Å². The molecule has 1 aromatic heterocycles. The second-order valence-corrected chi connectivity index (χ2v) is 6.09. The van der Waals surface area contributed by atoms with Crippen LogP contribution in [0, 0.1) is 0 Å². The Morgan fingerprint density at radius 3 is 2.57 bits per heavy atom. The van der Waals surface area contributed by atoms with Crippen molar-refractivity contribution in [2.24, 2.45) is 0 Å². The third-order valence-corrected chi connectivity index (χ3v) is 4.50. The zero-order valence-corrected chi connectivity index (χ0v) is 14.3. The van der Waals surface area contributed by atoms with E-state index in [1.54, 1.807) is 0 Å². The van der Waals surface area contributed by atoms with Gasteiger partial charge < -0.3 is 9.30 Å². The number of carbonyl (C=O) groups is 1. The van der Waals surface area contributed by atoms with Gasteiger partial charge in [0, 0.05) is 16.1 Å². The highest BCUT2D eigenvalue weighted by Gasteiger charge is 2.24. The van der Waals surface area contributed by atoms with Gasteiger partial charge in [-0.15, -0.1) is 0 Å². The molecule has 0 spiro atoms. The maximum absolute atomic E-state index is 12.1. The van der Waals surface area contributed by atoms with Gasteiger partial charge in [0.1, 0.15) is 0 Å². The molecule has 0 aliphatic heterocycles. The third kappa shape index (κ3) is 2.82. The SMILES string of the molecule is C=C(C(=O)OC)[C@H](c1ccccc1)n1ccc2cccc(Br)c21. The van der Waals surface area contributed by atoms with Crippen molar-refractivity contribution in [3.63, 3.8) is 0 Å². The minimum atomic E-state index is -0.409. The van der Waals surface area contributed by atoms with Crippen LogP contribution < -0.4 is 0 Å². The Kier molecular flexibility index (Phi) is 4.35. The number of rotatable bonds is 4. The minimum absolute atomic E-state index is 0.320. The highest BCUT2D eigenvalue weighted by atomic mass is 79.9. The number of fused-ring (bicyclic) bond motifs is 1. The molecular weight excluding hydrogens is 354 g/mol. The molecule has 3 aromatic rings. The second kappa shape index (κ2) is 6.42. The summed E-state index contributed by atoms with van der Waals surface area (Å²) in [6, 6.07) is 17.6. The van der Waals surface area contributed by atoms with E-state index < -0.39 is 5.97 Å². The zero-order chi connectivity index (χ0) is 16.4. The number of para-hydroxylation sites is 1. The summed E-state index contributed by atoms with van der Waals surface area (Å²) >= 11 is 3.60. The molecule has 0 unspecified atom stereocenters. The molecule has 116 valence electrons. The molecule has 0 N–H and O–H groups in total. The van der Waals surface area contributed by atoms with Crippen molar-refractivity contribution in [1.29, 1.82) is 0 Å². The molecule has 0 radical (unpaired) electrons. The van der Waals surface area contributed by atoms with Crippen LogP contribution in [0.25, 0.3) is 10.9 Å². The summed E-state index contributed by atoms with van der Waals surface area (Å²) in [5.74, 6) is -0.409. The van der Waals surface area contributed by atoms with Gasteiger partial charge in [-0.05, 0) is 33.6 Å².